The first-order valence-electron chi connectivity index (χ1n) is 5.32. The molecule has 0 saturated heterocycles. The van der Waals surface area contributed by atoms with Crippen molar-refractivity contribution in [3.05, 3.63) is 58.1 Å². The summed E-state index contributed by atoms with van der Waals surface area (Å²) in [5.74, 6) is 0.405. The van der Waals surface area contributed by atoms with Gasteiger partial charge in [0, 0.05) is 17.0 Å². The largest absolute Gasteiger partial charge is 0.508 e. The van der Waals surface area contributed by atoms with Crippen LogP contribution in [0.1, 0.15) is 16.7 Å². The zero-order valence-corrected chi connectivity index (χ0v) is 10.2. The van der Waals surface area contributed by atoms with Gasteiger partial charge in [-0.1, -0.05) is 23.7 Å². The first-order chi connectivity index (χ1) is 8.06. The summed E-state index contributed by atoms with van der Waals surface area (Å²) in [6.45, 7) is 1.75. The number of aryl methyl sites for hydroxylation is 1. The normalized spacial score (nSPS) is 10.5. The maximum atomic E-state index is 9.79. The van der Waals surface area contributed by atoms with E-state index in [4.69, 9.17) is 11.6 Å². The molecule has 2 aromatic rings. The van der Waals surface area contributed by atoms with Crippen molar-refractivity contribution in [3.8, 4) is 11.5 Å². The Kier molecular flexibility index (Phi) is 3.25. The van der Waals surface area contributed by atoms with Crippen molar-refractivity contribution < 1.29 is 10.2 Å². The van der Waals surface area contributed by atoms with Gasteiger partial charge in [0.2, 0.25) is 0 Å². The van der Waals surface area contributed by atoms with Crippen LogP contribution in [0.15, 0.2) is 36.4 Å². The Morgan fingerprint density at radius 3 is 2.29 bits per heavy atom. The van der Waals surface area contributed by atoms with E-state index in [9.17, 15) is 10.2 Å². The van der Waals surface area contributed by atoms with E-state index in [0.29, 0.717) is 22.6 Å². The fourth-order valence-electron chi connectivity index (χ4n) is 1.69. The van der Waals surface area contributed by atoms with Gasteiger partial charge in [-0.2, -0.15) is 0 Å². The Bertz CT molecular complexity index is 533. The molecule has 88 valence electrons. The molecule has 0 aliphatic heterocycles. The molecule has 0 spiro atoms. The molecule has 0 aromatic heterocycles. The van der Waals surface area contributed by atoms with Gasteiger partial charge in [0.15, 0.2) is 0 Å². The molecule has 0 unspecified atom stereocenters. The second-order valence-electron chi connectivity index (χ2n) is 4.07. The molecule has 0 saturated carbocycles. The van der Waals surface area contributed by atoms with Crippen molar-refractivity contribution in [1.29, 1.82) is 0 Å². The lowest BCUT2D eigenvalue weighted by Crippen LogP contribution is -1.90. The third-order valence-corrected chi connectivity index (χ3v) is 2.96. The molecule has 2 aromatic carbocycles. The molecule has 17 heavy (non-hydrogen) atoms. The molecule has 2 N–H and O–H groups in total. The molecular formula is C14H13ClO2. The maximum absolute atomic E-state index is 9.79. The Morgan fingerprint density at radius 2 is 1.65 bits per heavy atom. The third-order valence-electron chi connectivity index (χ3n) is 2.71. The van der Waals surface area contributed by atoms with Crippen LogP contribution in [-0.2, 0) is 6.42 Å². The average molecular weight is 249 g/mol. The highest BCUT2D eigenvalue weighted by Crippen LogP contribution is 2.28. The Labute approximate surface area is 105 Å². The van der Waals surface area contributed by atoms with Gasteiger partial charge >= 0.3 is 0 Å². The molecule has 0 heterocycles. The minimum absolute atomic E-state index is 0.201. The van der Waals surface area contributed by atoms with E-state index in [1.165, 1.54) is 0 Å². The first kappa shape index (κ1) is 11.8. The van der Waals surface area contributed by atoms with Crippen molar-refractivity contribution >= 4 is 11.6 Å². The fourth-order valence-corrected chi connectivity index (χ4v) is 1.81. The highest BCUT2D eigenvalue weighted by molar-refractivity contribution is 6.30. The van der Waals surface area contributed by atoms with E-state index >= 15 is 0 Å². The molecule has 0 aliphatic rings. The van der Waals surface area contributed by atoms with Gasteiger partial charge < -0.3 is 10.2 Å². The second kappa shape index (κ2) is 4.68. The summed E-state index contributed by atoms with van der Waals surface area (Å²) in [5.41, 5.74) is 2.41. The summed E-state index contributed by atoms with van der Waals surface area (Å²) >= 11 is 5.80. The lowest BCUT2D eigenvalue weighted by atomic mass is 10.0. The van der Waals surface area contributed by atoms with Crippen LogP contribution in [0.5, 0.6) is 11.5 Å². The minimum Gasteiger partial charge on any atom is -0.508 e. The summed E-state index contributed by atoms with van der Waals surface area (Å²) < 4.78 is 0. The van der Waals surface area contributed by atoms with Gasteiger partial charge in [-0.05, 0) is 42.3 Å². The average Bonchev–Trinajstić information content (AvgIpc) is 2.29. The van der Waals surface area contributed by atoms with E-state index in [1.807, 2.05) is 24.3 Å². The van der Waals surface area contributed by atoms with Crippen LogP contribution >= 0.6 is 11.6 Å². The molecular weight excluding hydrogens is 236 g/mol. The number of hydrogen-bond acceptors (Lipinski definition) is 2. The molecule has 2 nitrogen and oxygen atoms in total. The number of hydrogen-bond donors (Lipinski definition) is 2. The van der Waals surface area contributed by atoms with E-state index in [1.54, 1.807) is 19.1 Å². The molecule has 0 atom stereocenters. The SMILES string of the molecule is Cc1cc(O)c(Cc2ccc(Cl)cc2)cc1O. The molecule has 0 amide bonds. The summed E-state index contributed by atoms with van der Waals surface area (Å²) in [6.07, 6.45) is 0.566. The van der Waals surface area contributed by atoms with Crippen LogP contribution in [0.2, 0.25) is 5.02 Å². The standard InChI is InChI=1S/C14H13ClO2/c1-9-6-14(17)11(8-13(9)16)7-10-2-4-12(15)5-3-10/h2-6,8,16-17H,7H2,1H3. The molecule has 3 heteroatoms. The molecule has 2 rings (SSSR count). The van der Waals surface area contributed by atoms with Crippen molar-refractivity contribution in [2.24, 2.45) is 0 Å². The number of halogens is 1. The van der Waals surface area contributed by atoms with Crippen LogP contribution in [0.4, 0.5) is 0 Å². The lowest BCUT2D eigenvalue weighted by molar-refractivity contribution is 0.452. The zero-order chi connectivity index (χ0) is 12.4. The number of phenolic OH excluding ortho intramolecular Hbond substituents is 2. The Hall–Kier alpha value is -1.67. The van der Waals surface area contributed by atoms with Gasteiger partial charge in [0.25, 0.3) is 0 Å². The van der Waals surface area contributed by atoms with Gasteiger partial charge in [-0.15, -0.1) is 0 Å². The Balaban J connectivity index is 2.30. The van der Waals surface area contributed by atoms with Crippen LogP contribution in [0, 0.1) is 6.92 Å². The predicted molar refractivity (Wildman–Crippen MR) is 68.8 cm³/mol. The zero-order valence-electron chi connectivity index (χ0n) is 9.44. The molecule has 0 fully saturated rings. The second-order valence-corrected chi connectivity index (χ2v) is 4.51. The van der Waals surface area contributed by atoms with Crippen molar-refractivity contribution in [2.45, 2.75) is 13.3 Å². The smallest absolute Gasteiger partial charge is 0.119 e. The van der Waals surface area contributed by atoms with Crippen LogP contribution in [0.3, 0.4) is 0 Å². The van der Waals surface area contributed by atoms with E-state index in [0.717, 1.165) is 5.56 Å². The lowest BCUT2D eigenvalue weighted by Gasteiger charge is -2.07. The summed E-state index contributed by atoms with van der Waals surface area (Å²) in [6, 6.07) is 10.6. The summed E-state index contributed by atoms with van der Waals surface area (Å²) in [7, 11) is 0. The van der Waals surface area contributed by atoms with Crippen molar-refractivity contribution in [3.63, 3.8) is 0 Å². The van der Waals surface area contributed by atoms with Crippen LogP contribution in [0.25, 0.3) is 0 Å². The van der Waals surface area contributed by atoms with Crippen LogP contribution < -0.4 is 0 Å². The highest BCUT2D eigenvalue weighted by atomic mass is 35.5. The molecule has 0 bridgehead atoms. The monoisotopic (exact) mass is 248 g/mol. The topological polar surface area (TPSA) is 40.5 Å². The summed E-state index contributed by atoms with van der Waals surface area (Å²) in [5, 5.41) is 20.1. The number of benzene rings is 2. The van der Waals surface area contributed by atoms with Crippen molar-refractivity contribution in [1.82, 2.24) is 0 Å². The van der Waals surface area contributed by atoms with Crippen LogP contribution in [-0.4, -0.2) is 10.2 Å². The molecule has 0 radical (unpaired) electrons. The van der Waals surface area contributed by atoms with E-state index in [-0.39, 0.29) is 11.5 Å². The number of rotatable bonds is 2. The fraction of sp³-hybridized carbons (Fsp3) is 0.143. The third kappa shape index (κ3) is 2.71. The molecule has 0 aliphatic carbocycles. The van der Waals surface area contributed by atoms with Gasteiger partial charge in [0.1, 0.15) is 11.5 Å². The van der Waals surface area contributed by atoms with Gasteiger partial charge in [0.05, 0.1) is 0 Å². The quantitative estimate of drug-likeness (QED) is 0.797. The first-order valence-corrected chi connectivity index (χ1v) is 5.70. The predicted octanol–water partition coefficient (Wildman–Crippen LogP) is 3.65. The maximum Gasteiger partial charge on any atom is 0.119 e. The number of aromatic hydroxyl groups is 2. The van der Waals surface area contributed by atoms with Gasteiger partial charge in [-0.3, -0.25) is 0 Å². The van der Waals surface area contributed by atoms with Crippen molar-refractivity contribution in [2.75, 3.05) is 0 Å². The van der Waals surface area contributed by atoms with Gasteiger partial charge in [-0.25, -0.2) is 0 Å². The Morgan fingerprint density at radius 1 is 1.00 bits per heavy atom. The highest BCUT2D eigenvalue weighted by Gasteiger charge is 2.06. The van der Waals surface area contributed by atoms with E-state index < -0.39 is 0 Å². The summed E-state index contributed by atoms with van der Waals surface area (Å²) in [4.78, 5) is 0. The number of phenols is 2. The van der Waals surface area contributed by atoms with E-state index in [2.05, 4.69) is 0 Å². The minimum atomic E-state index is 0.201.